The molecule has 3 aromatic carbocycles. The molecule has 1 aromatic heterocycles. The molecule has 0 aliphatic rings. The summed E-state index contributed by atoms with van der Waals surface area (Å²) in [6, 6.07) is 16.8. The van der Waals surface area contributed by atoms with Crippen LogP contribution in [0.3, 0.4) is 0 Å². The predicted molar refractivity (Wildman–Crippen MR) is 113 cm³/mol. The third-order valence-electron chi connectivity index (χ3n) is 4.70. The molecule has 1 heterocycles. The lowest BCUT2D eigenvalue weighted by Gasteiger charge is -2.14. The molecule has 0 unspecified atom stereocenters. The maximum atomic E-state index is 13.3. The Kier molecular flexibility index (Phi) is 5.12. The molecule has 0 atom stereocenters. The fraction of sp³-hybridized carbons (Fsp3) is 0.125. The van der Waals surface area contributed by atoms with Crippen LogP contribution in [-0.4, -0.2) is 0 Å². The highest BCUT2D eigenvalue weighted by Crippen LogP contribution is 2.36. The van der Waals surface area contributed by atoms with Crippen molar-refractivity contribution in [2.45, 2.75) is 20.5 Å². The Balaban J connectivity index is 1.91. The Hall–Kier alpha value is -3.11. The second-order valence-electron chi connectivity index (χ2n) is 6.94. The SMILES string of the molecule is Cc1cc(C)c2oc(-c3ccccc3Cl)c(OCc3ccc(F)cc3)c(=O)c2c1. The third-order valence-corrected chi connectivity index (χ3v) is 5.02. The number of hydrogen-bond acceptors (Lipinski definition) is 3. The minimum atomic E-state index is -0.332. The number of fused-ring (bicyclic) bond motifs is 1. The van der Waals surface area contributed by atoms with Gasteiger partial charge in [0.1, 0.15) is 18.0 Å². The zero-order valence-corrected chi connectivity index (χ0v) is 16.7. The van der Waals surface area contributed by atoms with Crippen molar-refractivity contribution in [3.8, 4) is 17.1 Å². The van der Waals surface area contributed by atoms with E-state index in [1.807, 2.05) is 26.0 Å². The maximum absolute atomic E-state index is 13.3. The summed E-state index contributed by atoms with van der Waals surface area (Å²) < 4.78 is 25.2. The number of halogens is 2. The van der Waals surface area contributed by atoms with Gasteiger partial charge in [-0.25, -0.2) is 4.39 Å². The molecule has 0 radical (unpaired) electrons. The van der Waals surface area contributed by atoms with E-state index < -0.39 is 0 Å². The van der Waals surface area contributed by atoms with Gasteiger partial charge in [-0.3, -0.25) is 4.79 Å². The van der Waals surface area contributed by atoms with Crippen LogP contribution in [0.2, 0.25) is 5.02 Å². The van der Waals surface area contributed by atoms with Crippen molar-refractivity contribution in [1.82, 2.24) is 0 Å². The van der Waals surface area contributed by atoms with Gasteiger partial charge < -0.3 is 9.15 Å². The van der Waals surface area contributed by atoms with Crippen molar-refractivity contribution < 1.29 is 13.5 Å². The van der Waals surface area contributed by atoms with Gasteiger partial charge in [0.2, 0.25) is 11.2 Å². The minimum absolute atomic E-state index is 0.0833. The molecule has 0 aliphatic heterocycles. The highest BCUT2D eigenvalue weighted by atomic mass is 35.5. The van der Waals surface area contributed by atoms with E-state index in [-0.39, 0.29) is 29.4 Å². The van der Waals surface area contributed by atoms with E-state index in [0.717, 1.165) is 16.7 Å². The van der Waals surface area contributed by atoms with E-state index >= 15 is 0 Å². The monoisotopic (exact) mass is 408 g/mol. The van der Waals surface area contributed by atoms with Crippen molar-refractivity contribution in [2.24, 2.45) is 0 Å². The summed E-state index contributed by atoms with van der Waals surface area (Å²) in [6.07, 6.45) is 0. The number of benzene rings is 3. The number of ether oxygens (including phenoxy) is 1. The molecule has 0 fully saturated rings. The first kappa shape index (κ1) is 19.2. The Labute approximate surface area is 172 Å². The zero-order chi connectivity index (χ0) is 20.5. The number of rotatable bonds is 4. The van der Waals surface area contributed by atoms with Gasteiger partial charge in [0.25, 0.3) is 0 Å². The van der Waals surface area contributed by atoms with Crippen LogP contribution in [0.4, 0.5) is 4.39 Å². The smallest absolute Gasteiger partial charge is 0.235 e. The van der Waals surface area contributed by atoms with Crippen LogP contribution < -0.4 is 10.2 Å². The fourth-order valence-corrected chi connectivity index (χ4v) is 3.54. The normalized spacial score (nSPS) is 11.0. The predicted octanol–water partition coefficient (Wildman–Crippen LogP) is 6.45. The molecule has 0 saturated carbocycles. The lowest BCUT2D eigenvalue weighted by Crippen LogP contribution is -2.11. The minimum Gasteiger partial charge on any atom is -0.481 e. The first-order chi connectivity index (χ1) is 13.9. The molecule has 5 heteroatoms. The van der Waals surface area contributed by atoms with Crippen molar-refractivity contribution in [2.75, 3.05) is 0 Å². The van der Waals surface area contributed by atoms with Gasteiger partial charge in [0.05, 0.1) is 10.4 Å². The van der Waals surface area contributed by atoms with Crippen LogP contribution in [0.25, 0.3) is 22.3 Å². The van der Waals surface area contributed by atoms with Crippen molar-refractivity contribution >= 4 is 22.6 Å². The maximum Gasteiger partial charge on any atom is 0.235 e. The molecule has 0 saturated heterocycles. The standard InChI is InChI=1S/C24H18ClFO3/c1-14-11-15(2)22-19(12-14)21(27)24(28-13-16-7-9-17(26)10-8-16)23(29-22)18-5-3-4-6-20(18)25/h3-12H,13H2,1-2H3. The Morgan fingerprint density at radius 2 is 1.76 bits per heavy atom. The van der Waals surface area contributed by atoms with E-state index in [0.29, 0.717) is 21.6 Å². The van der Waals surface area contributed by atoms with Gasteiger partial charge in [-0.2, -0.15) is 0 Å². The summed E-state index contributed by atoms with van der Waals surface area (Å²) >= 11 is 6.37. The molecule has 29 heavy (non-hydrogen) atoms. The van der Waals surface area contributed by atoms with Crippen molar-refractivity contribution in [3.05, 3.63) is 98.4 Å². The highest BCUT2D eigenvalue weighted by molar-refractivity contribution is 6.33. The molecule has 146 valence electrons. The molecule has 0 bridgehead atoms. The highest BCUT2D eigenvalue weighted by Gasteiger charge is 2.21. The molecule has 0 amide bonds. The summed E-state index contributed by atoms with van der Waals surface area (Å²) in [4.78, 5) is 13.3. The third kappa shape index (κ3) is 3.76. The summed E-state index contributed by atoms with van der Waals surface area (Å²) in [7, 11) is 0. The van der Waals surface area contributed by atoms with Gasteiger partial charge in [-0.05, 0) is 60.9 Å². The largest absolute Gasteiger partial charge is 0.481 e. The lowest BCUT2D eigenvalue weighted by atomic mass is 10.1. The van der Waals surface area contributed by atoms with E-state index in [9.17, 15) is 9.18 Å². The molecule has 4 rings (SSSR count). The molecule has 0 spiro atoms. The van der Waals surface area contributed by atoms with Crippen LogP contribution in [0.5, 0.6) is 5.75 Å². The number of aryl methyl sites for hydroxylation is 2. The van der Waals surface area contributed by atoms with Crippen LogP contribution in [0.1, 0.15) is 16.7 Å². The molecular weight excluding hydrogens is 391 g/mol. The Morgan fingerprint density at radius 1 is 1.03 bits per heavy atom. The van der Waals surface area contributed by atoms with E-state index in [4.69, 9.17) is 20.8 Å². The van der Waals surface area contributed by atoms with Gasteiger partial charge >= 0.3 is 0 Å². The average molecular weight is 409 g/mol. The van der Waals surface area contributed by atoms with Crippen LogP contribution in [0, 0.1) is 19.7 Å². The van der Waals surface area contributed by atoms with Crippen molar-refractivity contribution in [1.29, 1.82) is 0 Å². The summed E-state index contributed by atoms with van der Waals surface area (Å²) in [5.41, 5.74) is 3.35. The molecule has 0 aliphatic carbocycles. The van der Waals surface area contributed by atoms with E-state index in [1.165, 1.54) is 12.1 Å². The second-order valence-corrected chi connectivity index (χ2v) is 7.35. The first-order valence-corrected chi connectivity index (χ1v) is 9.52. The van der Waals surface area contributed by atoms with E-state index in [1.54, 1.807) is 36.4 Å². The summed E-state index contributed by atoms with van der Waals surface area (Å²) in [6.45, 7) is 3.92. The van der Waals surface area contributed by atoms with Crippen LogP contribution in [-0.2, 0) is 6.61 Å². The van der Waals surface area contributed by atoms with Gasteiger partial charge in [-0.1, -0.05) is 41.9 Å². The number of hydrogen-bond donors (Lipinski definition) is 0. The fourth-order valence-electron chi connectivity index (χ4n) is 3.32. The second kappa shape index (κ2) is 7.72. The molecule has 3 nitrogen and oxygen atoms in total. The van der Waals surface area contributed by atoms with Gasteiger partial charge in [0, 0.05) is 5.56 Å². The average Bonchev–Trinajstić information content (AvgIpc) is 2.69. The lowest BCUT2D eigenvalue weighted by molar-refractivity contribution is 0.297. The molecular formula is C24H18ClFO3. The van der Waals surface area contributed by atoms with Crippen LogP contribution >= 0.6 is 11.6 Å². The quantitative estimate of drug-likeness (QED) is 0.389. The van der Waals surface area contributed by atoms with E-state index in [2.05, 4.69) is 0 Å². The summed E-state index contributed by atoms with van der Waals surface area (Å²) in [5, 5.41) is 0.902. The molecule has 4 aromatic rings. The zero-order valence-electron chi connectivity index (χ0n) is 16.0. The Bertz CT molecular complexity index is 1260. The summed E-state index contributed by atoms with van der Waals surface area (Å²) in [5.74, 6) is 0.0313. The topological polar surface area (TPSA) is 39.4 Å². The Morgan fingerprint density at radius 3 is 2.48 bits per heavy atom. The van der Waals surface area contributed by atoms with Crippen molar-refractivity contribution in [3.63, 3.8) is 0 Å². The van der Waals surface area contributed by atoms with Gasteiger partial charge in [0.15, 0.2) is 5.76 Å². The molecule has 0 N–H and O–H groups in total. The first-order valence-electron chi connectivity index (χ1n) is 9.14. The van der Waals surface area contributed by atoms with Gasteiger partial charge in [-0.15, -0.1) is 0 Å². The van der Waals surface area contributed by atoms with Crippen LogP contribution in [0.15, 0.2) is 69.9 Å².